The van der Waals surface area contributed by atoms with Crippen LogP contribution in [0.2, 0.25) is 0 Å². The third kappa shape index (κ3) is 8.88. The summed E-state index contributed by atoms with van der Waals surface area (Å²) in [6.45, 7) is 1.87. The number of amides is 2. The van der Waals surface area contributed by atoms with E-state index in [1.165, 1.54) is 6.33 Å². The Balaban J connectivity index is 0.00000278. The molecule has 46 heavy (non-hydrogen) atoms. The number of nitriles is 1. The maximum Gasteiger partial charge on any atom is 0.405 e. The number of hydrogen-bond acceptors (Lipinski definition) is 8. The second-order valence-corrected chi connectivity index (χ2v) is 11.0. The highest BCUT2D eigenvalue weighted by Crippen LogP contribution is 2.29. The van der Waals surface area contributed by atoms with Gasteiger partial charge in [-0.15, -0.1) is 0 Å². The van der Waals surface area contributed by atoms with Crippen molar-refractivity contribution < 1.29 is 28.4 Å². The number of aromatic nitrogens is 2. The fourth-order valence-corrected chi connectivity index (χ4v) is 5.54. The van der Waals surface area contributed by atoms with Crippen LogP contribution in [0.25, 0.3) is 0 Å². The summed E-state index contributed by atoms with van der Waals surface area (Å²) in [4.78, 5) is 34.2. The molecule has 2 heterocycles. The van der Waals surface area contributed by atoms with Crippen molar-refractivity contribution in [2.45, 2.75) is 43.4 Å². The summed E-state index contributed by atoms with van der Waals surface area (Å²) >= 11 is 0. The molecule has 2 amide bonds. The maximum absolute atomic E-state index is 13.8. The van der Waals surface area contributed by atoms with E-state index < -0.39 is 24.0 Å². The Morgan fingerprint density at radius 1 is 1.00 bits per heavy atom. The zero-order chi connectivity index (χ0) is 32.1. The molecule has 242 valence electrons. The molecule has 1 fully saturated rings. The first kappa shape index (κ1) is 32.1. The summed E-state index contributed by atoms with van der Waals surface area (Å²) in [6, 6.07) is 26.7. The average molecular weight is 627 g/mol. The lowest BCUT2D eigenvalue weighted by Gasteiger charge is -2.31. The van der Waals surface area contributed by atoms with Gasteiger partial charge < -0.3 is 30.5 Å². The lowest BCUT2D eigenvalue weighted by Crippen LogP contribution is -2.47. The van der Waals surface area contributed by atoms with Gasteiger partial charge in [0, 0.05) is 41.5 Å². The van der Waals surface area contributed by atoms with Gasteiger partial charge in [-0.2, -0.15) is 5.26 Å². The largest absolute Gasteiger partial charge is 0.493 e. The van der Waals surface area contributed by atoms with E-state index in [4.69, 9.17) is 14.7 Å². The molecule has 11 nitrogen and oxygen atoms in total. The highest BCUT2D eigenvalue weighted by molar-refractivity contribution is 5.97. The Morgan fingerprint density at radius 3 is 2.28 bits per heavy atom. The summed E-state index contributed by atoms with van der Waals surface area (Å²) in [6.07, 6.45) is 3.50. The second-order valence-electron chi connectivity index (χ2n) is 11.0. The third-order valence-corrected chi connectivity index (χ3v) is 7.80. The molecule has 0 aliphatic carbocycles. The molecule has 0 bridgehead atoms. The second kappa shape index (κ2) is 16.1. The first-order chi connectivity index (χ1) is 22.5. The number of carbonyl (C=O) groups is 2. The Bertz CT molecular complexity index is 1590. The molecular weight excluding hydrogens is 584 g/mol. The summed E-state index contributed by atoms with van der Waals surface area (Å²) < 4.78 is 12.2. The number of benzene rings is 3. The molecule has 5 rings (SSSR count). The molecule has 0 saturated carbocycles. The molecule has 1 aromatic heterocycles. The van der Waals surface area contributed by atoms with Gasteiger partial charge in [0.2, 0.25) is 5.91 Å². The molecule has 4 aromatic rings. The van der Waals surface area contributed by atoms with E-state index in [2.05, 4.69) is 32.0 Å². The van der Waals surface area contributed by atoms with E-state index in [1.54, 1.807) is 30.5 Å². The number of anilines is 1. The minimum Gasteiger partial charge on any atom is -0.493 e. The molecule has 0 unspecified atom stereocenters. The smallest absolute Gasteiger partial charge is 0.405 e. The fourth-order valence-electron chi connectivity index (χ4n) is 5.54. The number of morpholine rings is 1. The molecule has 3 atom stereocenters. The van der Waals surface area contributed by atoms with Crippen LogP contribution in [0.15, 0.2) is 97.5 Å². The fraction of sp³-hybridized carbons (Fsp3) is 0.286. The van der Waals surface area contributed by atoms with Crippen molar-refractivity contribution >= 4 is 17.8 Å². The van der Waals surface area contributed by atoms with Crippen LogP contribution in [-0.4, -0.2) is 65.0 Å². The average Bonchev–Trinajstić information content (AvgIpc) is 3.09. The van der Waals surface area contributed by atoms with Crippen LogP contribution in [0.3, 0.4) is 0 Å². The first-order valence-electron chi connectivity index (χ1n) is 15.2. The van der Waals surface area contributed by atoms with Gasteiger partial charge in [0.1, 0.15) is 23.9 Å². The lowest BCUT2D eigenvalue weighted by molar-refractivity contribution is -0.118. The normalized spacial score (nSPS) is 16.6. The van der Waals surface area contributed by atoms with Crippen molar-refractivity contribution in [3.8, 4) is 11.8 Å². The maximum atomic E-state index is 13.8. The molecule has 1 saturated heterocycles. The highest BCUT2D eigenvalue weighted by atomic mass is 16.5. The first-order valence-corrected chi connectivity index (χ1v) is 15.2. The molecule has 1 aliphatic heterocycles. The van der Waals surface area contributed by atoms with E-state index in [0.29, 0.717) is 56.1 Å². The van der Waals surface area contributed by atoms with Gasteiger partial charge in [-0.3, -0.25) is 4.79 Å². The van der Waals surface area contributed by atoms with E-state index in [0.717, 1.165) is 16.7 Å². The zero-order valence-corrected chi connectivity index (χ0v) is 25.2. The summed E-state index contributed by atoms with van der Waals surface area (Å²) in [5.41, 5.74) is 2.89. The minimum atomic E-state index is -1.31. The number of nitrogens with one attached hydrogen (secondary N) is 3. The minimum absolute atomic E-state index is 0. The quantitative estimate of drug-likeness (QED) is 0.155. The zero-order valence-electron chi connectivity index (χ0n) is 25.2. The van der Waals surface area contributed by atoms with Crippen LogP contribution in [0.1, 0.15) is 45.3 Å². The molecule has 4 N–H and O–H groups in total. The van der Waals surface area contributed by atoms with Gasteiger partial charge in [0.15, 0.2) is 0 Å². The Hall–Kier alpha value is -5.31. The van der Waals surface area contributed by atoms with Crippen LogP contribution >= 0.6 is 0 Å². The number of nitrogens with zero attached hydrogens (tertiary/aromatic N) is 3. The van der Waals surface area contributed by atoms with E-state index >= 15 is 0 Å². The van der Waals surface area contributed by atoms with Crippen LogP contribution in [-0.2, 0) is 16.0 Å². The molecule has 11 heteroatoms. The number of carboxylic acid groups (broad SMARTS) is 1. The lowest BCUT2D eigenvalue weighted by atomic mass is 9.84. The summed E-state index contributed by atoms with van der Waals surface area (Å²) in [5.74, 6) is -0.0767. The molecule has 0 radical (unpaired) electrons. The number of carbonyl (C=O) groups excluding carboxylic acids is 1. The van der Waals surface area contributed by atoms with Gasteiger partial charge >= 0.3 is 6.09 Å². The van der Waals surface area contributed by atoms with Gasteiger partial charge in [-0.05, 0) is 48.2 Å². The van der Waals surface area contributed by atoms with Crippen LogP contribution in [0.4, 0.5) is 10.6 Å². The van der Waals surface area contributed by atoms with Gasteiger partial charge in [0.05, 0.1) is 30.4 Å². The van der Waals surface area contributed by atoms with Crippen molar-refractivity contribution in [3.05, 3.63) is 120 Å². The topological polar surface area (TPSA) is 158 Å². The molecule has 3 aromatic carbocycles. The molecular formula is C35H42N6O5. The van der Waals surface area contributed by atoms with Gasteiger partial charge in [-0.1, -0.05) is 60.7 Å². The Morgan fingerprint density at radius 2 is 1.65 bits per heavy atom. The monoisotopic (exact) mass is 626 g/mol. The van der Waals surface area contributed by atoms with Crippen molar-refractivity contribution in [3.63, 3.8) is 0 Å². The Kier molecular flexibility index (Phi) is 11.3. The number of ether oxygens (including phenoxy) is 2. The third-order valence-electron chi connectivity index (χ3n) is 7.80. The summed E-state index contributed by atoms with van der Waals surface area (Å²) in [5, 5.41) is 27.4. The predicted molar refractivity (Wildman–Crippen MR) is 178 cm³/mol. The SMILES string of the molecule is N#Cc1ccc(OCC[C@@H]2CNC[C@@H](CCc3cncnc3NC(=O)[C@@H](NC(=O)O)C(c3ccccc3)c3ccccc3)O2)cc1.[HH].[HH].[HH]. The summed E-state index contributed by atoms with van der Waals surface area (Å²) in [7, 11) is 0. The number of aryl methyl sites for hydroxylation is 1. The van der Waals surface area contributed by atoms with E-state index in [-0.39, 0.29) is 16.5 Å². The number of hydrogen-bond donors (Lipinski definition) is 4. The van der Waals surface area contributed by atoms with Crippen molar-refractivity contribution in [2.24, 2.45) is 0 Å². The van der Waals surface area contributed by atoms with Crippen molar-refractivity contribution in [1.82, 2.24) is 20.6 Å². The number of rotatable bonds is 13. The van der Waals surface area contributed by atoms with Crippen LogP contribution < -0.4 is 20.7 Å². The highest BCUT2D eigenvalue weighted by Gasteiger charge is 2.33. The van der Waals surface area contributed by atoms with Crippen molar-refractivity contribution in [2.75, 3.05) is 25.0 Å². The van der Waals surface area contributed by atoms with E-state index in [1.807, 2.05) is 60.7 Å². The van der Waals surface area contributed by atoms with Crippen LogP contribution in [0.5, 0.6) is 5.75 Å². The van der Waals surface area contributed by atoms with Gasteiger partial charge in [-0.25, -0.2) is 14.8 Å². The standard InChI is InChI=1S/C35H36N6O5.3H2/c36-19-24-11-14-28(15-12-24)45-18-17-30-22-37-21-29(46-30)16-13-27-20-38-23-39-33(27)41-34(42)32(40-35(43)44)31(25-7-3-1-4-8-25)26-9-5-2-6-10-26;;;/h1-12,14-15,20,23,29-32,37,40H,13,16-18,21-22H2,(H,43,44)(H,38,39,41,42);3*1H/t29-,30-,32+;;;/m1.../s1. The van der Waals surface area contributed by atoms with Gasteiger partial charge in [0.25, 0.3) is 0 Å². The van der Waals surface area contributed by atoms with Crippen LogP contribution in [0, 0.1) is 11.3 Å². The molecule has 1 aliphatic rings. The molecule has 0 spiro atoms. The van der Waals surface area contributed by atoms with Crippen molar-refractivity contribution in [1.29, 1.82) is 5.26 Å². The Labute approximate surface area is 272 Å². The predicted octanol–water partition coefficient (Wildman–Crippen LogP) is 5.25. The van der Waals surface area contributed by atoms with E-state index in [9.17, 15) is 14.7 Å².